The molecule has 10 heteroatoms. The highest BCUT2D eigenvalue weighted by Crippen LogP contribution is 2.26. The summed E-state index contributed by atoms with van der Waals surface area (Å²) in [6.45, 7) is 1.46. The molecule has 0 fully saturated rings. The van der Waals surface area contributed by atoms with Crippen molar-refractivity contribution in [2.45, 2.75) is 29.3 Å². The lowest BCUT2D eigenvalue weighted by atomic mass is 10.1. The van der Waals surface area contributed by atoms with E-state index in [9.17, 15) is 13.2 Å². The van der Waals surface area contributed by atoms with Gasteiger partial charge in [0.05, 0.1) is 27.5 Å². The molecule has 0 spiro atoms. The molecule has 180 valence electrons. The molecule has 0 saturated heterocycles. The molecule has 1 atom stereocenters. The Morgan fingerprint density at radius 2 is 1.68 bits per heavy atom. The summed E-state index contributed by atoms with van der Waals surface area (Å²) < 4.78 is 28.7. The Hall–Kier alpha value is -1.55. The number of hydrogen-bond acceptors (Lipinski definition) is 4. The number of carbonyl (C=O) groups is 1. The lowest BCUT2D eigenvalue weighted by Crippen LogP contribution is -2.41. The van der Waals surface area contributed by atoms with E-state index in [0.29, 0.717) is 15.6 Å². The average Bonchev–Trinajstić information content (AvgIpc) is 2.81. The van der Waals surface area contributed by atoms with E-state index in [1.165, 1.54) is 12.1 Å². The lowest BCUT2D eigenvalue weighted by molar-refractivity contribution is -0.122. The minimum Gasteiger partial charge on any atom is -0.348 e. The molecule has 0 unspecified atom stereocenters. The van der Waals surface area contributed by atoms with Gasteiger partial charge in [0.15, 0.2) is 0 Å². The van der Waals surface area contributed by atoms with Crippen molar-refractivity contribution in [1.82, 2.24) is 9.62 Å². The van der Waals surface area contributed by atoms with Gasteiger partial charge in [0.25, 0.3) is 0 Å². The van der Waals surface area contributed by atoms with Gasteiger partial charge in [-0.2, -0.15) is 4.31 Å². The zero-order chi connectivity index (χ0) is 24.9. The van der Waals surface area contributed by atoms with Crippen molar-refractivity contribution < 1.29 is 13.2 Å². The number of amides is 1. The number of nitrogens with zero attached hydrogens (tertiary/aromatic N) is 1. The van der Waals surface area contributed by atoms with Crippen molar-refractivity contribution in [1.29, 1.82) is 0 Å². The van der Waals surface area contributed by atoms with Gasteiger partial charge in [0.2, 0.25) is 15.9 Å². The van der Waals surface area contributed by atoms with Crippen LogP contribution in [0.1, 0.15) is 24.1 Å². The van der Waals surface area contributed by atoms with Gasteiger partial charge in [-0.05, 0) is 72.8 Å². The van der Waals surface area contributed by atoms with Crippen LogP contribution in [0.25, 0.3) is 0 Å². The summed E-state index contributed by atoms with van der Waals surface area (Å²) in [7, 11) is -3.97. The number of hydrogen-bond donors (Lipinski definition) is 1. The van der Waals surface area contributed by atoms with Crippen LogP contribution in [0.2, 0.25) is 10.0 Å². The van der Waals surface area contributed by atoms with Crippen molar-refractivity contribution in [3.63, 3.8) is 0 Å². The van der Waals surface area contributed by atoms with Gasteiger partial charge in [-0.3, -0.25) is 4.79 Å². The van der Waals surface area contributed by atoms with Gasteiger partial charge in [0.1, 0.15) is 0 Å². The normalized spacial score (nSPS) is 12.5. The first-order valence-corrected chi connectivity index (χ1v) is 14.4. The Labute approximate surface area is 223 Å². The molecular weight excluding hydrogens is 579 g/mol. The second kappa shape index (κ2) is 11.9. The Morgan fingerprint density at radius 3 is 2.26 bits per heavy atom. The van der Waals surface area contributed by atoms with Crippen LogP contribution in [-0.4, -0.2) is 31.4 Å². The summed E-state index contributed by atoms with van der Waals surface area (Å²) in [6, 6.07) is 18.7. The number of rotatable bonds is 9. The Kier molecular flexibility index (Phi) is 9.49. The summed E-state index contributed by atoms with van der Waals surface area (Å²) in [6.07, 6.45) is 1.99. The quantitative estimate of drug-likeness (QED) is 0.283. The fourth-order valence-electron chi connectivity index (χ4n) is 3.25. The maximum Gasteiger partial charge on any atom is 0.243 e. The molecule has 34 heavy (non-hydrogen) atoms. The first kappa shape index (κ1) is 27.0. The molecule has 0 saturated carbocycles. The average molecular weight is 602 g/mol. The van der Waals surface area contributed by atoms with Gasteiger partial charge in [0, 0.05) is 15.9 Å². The van der Waals surface area contributed by atoms with Crippen LogP contribution in [0.4, 0.5) is 0 Å². The van der Waals surface area contributed by atoms with E-state index >= 15 is 0 Å². The molecule has 3 aromatic rings. The fraction of sp³-hybridized carbons (Fsp3) is 0.208. The summed E-state index contributed by atoms with van der Waals surface area (Å²) >= 11 is 17.1. The number of nitrogens with one attached hydrogen (secondary N) is 1. The summed E-state index contributed by atoms with van der Waals surface area (Å²) in [5, 5.41) is 3.58. The van der Waals surface area contributed by atoms with E-state index in [-0.39, 0.29) is 24.0 Å². The van der Waals surface area contributed by atoms with E-state index in [1.54, 1.807) is 42.1 Å². The van der Waals surface area contributed by atoms with E-state index < -0.39 is 15.9 Å². The molecule has 1 amide bonds. The Bertz CT molecular complexity index is 1250. The molecule has 0 bridgehead atoms. The molecular formula is C24H23BrCl2N2O3S2. The molecule has 3 aromatic carbocycles. The molecule has 0 heterocycles. The second-order valence-electron chi connectivity index (χ2n) is 7.54. The Morgan fingerprint density at radius 1 is 1.03 bits per heavy atom. The monoisotopic (exact) mass is 600 g/mol. The molecule has 1 N–H and O–H groups in total. The third-order valence-corrected chi connectivity index (χ3v) is 8.92. The third-order valence-electron chi connectivity index (χ3n) is 5.11. The van der Waals surface area contributed by atoms with Gasteiger partial charge in [-0.1, -0.05) is 57.3 Å². The lowest BCUT2D eigenvalue weighted by Gasteiger charge is -2.23. The molecule has 0 aliphatic rings. The summed E-state index contributed by atoms with van der Waals surface area (Å²) in [5.74, 6) is -0.415. The molecule has 3 rings (SSSR count). The first-order valence-electron chi connectivity index (χ1n) is 10.2. The zero-order valence-corrected chi connectivity index (χ0v) is 23.2. The minimum atomic E-state index is -3.97. The molecule has 0 aliphatic carbocycles. The van der Waals surface area contributed by atoms with Crippen molar-refractivity contribution in [2.24, 2.45) is 0 Å². The van der Waals surface area contributed by atoms with Crippen LogP contribution in [0, 0.1) is 0 Å². The standard InChI is InChI=1S/C24H23BrCl2N2O3S2/c1-16(18-4-8-20(33-2)9-5-18)28-24(30)15-29(14-17-3-12-22(26)23(27)13-17)34(31,32)21-10-6-19(25)7-11-21/h3-13,16H,14-15H2,1-2H3,(H,28,30)/t16-/m0/s1. The van der Waals surface area contributed by atoms with Crippen molar-refractivity contribution >= 4 is 66.8 Å². The van der Waals surface area contributed by atoms with Crippen LogP contribution in [0.15, 0.2) is 81.0 Å². The van der Waals surface area contributed by atoms with Gasteiger partial charge >= 0.3 is 0 Å². The largest absolute Gasteiger partial charge is 0.348 e. The number of benzene rings is 3. The smallest absolute Gasteiger partial charge is 0.243 e. The predicted molar refractivity (Wildman–Crippen MR) is 143 cm³/mol. The summed E-state index contributed by atoms with van der Waals surface area (Å²) in [5.41, 5.74) is 1.54. The topological polar surface area (TPSA) is 66.5 Å². The van der Waals surface area contributed by atoms with Crippen LogP contribution in [0.3, 0.4) is 0 Å². The van der Waals surface area contributed by atoms with Crippen molar-refractivity contribution in [2.75, 3.05) is 12.8 Å². The SMILES string of the molecule is CSc1ccc([C@H](C)NC(=O)CN(Cc2ccc(Cl)c(Cl)c2)S(=O)(=O)c2ccc(Br)cc2)cc1. The molecule has 0 radical (unpaired) electrons. The van der Waals surface area contributed by atoms with Crippen LogP contribution in [-0.2, 0) is 21.4 Å². The third kappa shape index (κ3) is 6.99. The highest BCUT2D eigenvalue weighted by molar-refractivity contribution is 9.10. The van der Waals surface area contributed by atoms with E-state index in [0.717, 1.165) is 19.2 Å². The number of carbonyl (C=O) groups excluding carboxylic acids is 1. The zero-order valence-electron chi connectivity index (χ0n) is 18.5. The summed E-state index contributed by atoms with van der Waals surface area (Å²) in [4.78, 5) is 14.1. The van der Waals surface area contributed by atoms with E-state index in [2.05, 4.69) is 21.2 Å². The maximum absolute atomic E-state index is 13.4. The number of sulfonamides is 1. The fourth-order valence-corrected chi connectivity index (χ4v) is 5.62. The van der Waals surface area contributed by atoms with Crippen LogP contribution >= 0.6 is 50.9 Å². The predicted octanol–water partition coefficient (Wildman–Crippen LogP) is 6.55. The van der Waals surface area contributed by atoms with Gasteiger partial charge < -0.3 is 5.32 Å². The number of thioether (sulfide) groups is 1. The van der Waals surface area contributed by atoms with Crippen LogP contribution in [0.5, 0.6) is 0 Å². The van der Waals surface area contributed by atoms with E-state index in [4.69, 9.17) is 23.2 Å². The highest BCUT2D eigenvalue weighted by atomic mass is 79.9. The van der Waals surface area contributed by atoms with Gasteiger partial charge in [-0.15, -0.1) is 11.8 Å². The Balaban J connectivity index is 1.83. The highest BCUT2D eigenvalue weighted by Gasteiger charge is 2.27. The maximum atomic E-state index is 13.4. The minimum absolute atomic E-state index is 0.0422. The second-order valence-corrected chi connectivity index (χ2v) is 12.1. The first-order chi connectivity index (χ1) is 16.1. The van der Waals surface area contributed by atoms with Crippen molar-refractivity contribution in [3.05, 3.63) is 92.4 Å². The number of halogens is 3. The molecule has 0 aromatic heterocycles. The van der Waals surface area contributed by atoms with E-state index in [1.807, 2.05) is 37.4 Å². The molecule has 5 nitrogen and oxygen atoms in total. The van der Waals surface area contributed by atoms with Crippen molar-refractivity contribution in [3.8, 4) is 0 Å². The molecule has 0 aliphatic heterocycles. The van der Waals surface area contributed by atoms with Gasteiger partial charge in [-0.25, -0.2) is 8.42 Å². The van der Waals surface area contributed by atoms with Crippen LogP contribution < -0.4 is 5.32 Å².